The van der Waals surface area contributed by atoms with E-state index in [1.54, 1.807) is 0 Å². The SMILES string of the molecule is C=C([O][Ge]([CH2]C)([CH2]C)[CH2]C)C(C)Br. The second-order valence-electron chi connectivity index (χ2n) is 3.43. The molecule has 1 atom stereocenters. The van der Waals surface area contributed by atoms with Crippen molar-refractivity contribution in [3.8, 4) is 0 Å². The predicted molar refractivity (Wildman–Crippen MR) is 65.8 cm³/mol. The van der Waals surface area contributed by atoms with Gasteiger partial charge in [-0.15, -0.1) is 0 Å². The molecule has 13 heavy (non-hydrogen) atoms. The molecule has 0 rings (SSSR count). The number of alkyl halides is 1. The fourth-order valence-corrected chi connectivity index (χ4v) is 7.37. The van der Waals surface area contributed by atoms with Crippen LogP contribution in [0.15, 0.2) is 12.3 Å². The van der Waals surface area contributed by atoms with Gasteiger partial charge in [-0.1, -0.05) is 0 Å². The molecule has 78 valence electrons. The van der Waals surface area contributed by atoms with E-state index in [0.29, 0.717) is 0 Å². The van der Waals surface area contributed by atoms with E-state index in [1.165, 1.54) is 15.8 Å². The van der Waals surface area contributed by atoms with Crippen LogP contribution in [0.3, 0.4) is 0 Å². The van der Waals surface area contributed by atoms with Gasteiger partial charge in [0.1, 0.15) is 0 Å². The van der Waals surface area contributed by atoms with Crippen molar-refractivity contribution in [1.82, 2.24) is 0 Å². The van der Waals surface area contributed by atoms with Crippen LogP contribution < -0.4 is 0 Å². The normalized spacial score (nSPS) is 13.9. The second-order valence-corrected chi connectivity index (χ2v) is 14.6. The van der Waals surface area contributed by atoms with Crippen molar-refractivity contribution in [2.24, 2.45) is 0 Å². The zero-order chi connectivity index (χ0) is 10.5. The van der Waals surface area contributed by atoms with Crippen LogP contribution in [-0.2, 0) is 3.76 Å². The third-order valence-corrected chi connectivity index (χ3v) is 12.8. The Hall–Kier alpha value is 0.563. The van der Waals surface area contributed by atoms with Gasteiger partial charge < -0.3 is 0 Å². The van der Waals surface area contributed by atoms with Crippen LogP contribution in [0.25, 0.3) is 0 Å². The van der Waals surface area contributed by atoms with Gasteiger partial charge in [-0.05, 0) is 0 Å². The van der Waals surface area contributed by atoms with Crippen LogP contribution >= 0.6 is 15.9 Å². The van der Waals surface area contributed by atoms with Gasteiger partial charge in [0.05, 0.1) is 0 Å². The van der Waals surface area contributed by atoms with E-state index >= 15 is 0 Å². The fraction of sp³-hybridized carbons (Fsp3) is 0.800. The average Bonchev–Trinajstić information content (AvgIpc) is 2.14. The minimum atomic E-state index is -1.99. The molecule has 0 saturated carbocycles. The molecule has 0 N–H and O–H groups in total. The molecule has 1 unspecified atom stereocenters. The van der Waals surface area contributed by atoms with Crippen molar-refractivity contribution in [2.45, 2.75) is 48.3 Å². The van der Waals surface area contributed by atoms with Crippen LogP contribution in [0, 0.1) is 0 Å². The molecule has 0 saturated heterocycles. The molecular weight excluding hydrogens is 289 g/mol. The zero-order valence-electron chi connectivity index (χ0n) is 9.19. The first-order valence-corrected chi connectivity index (χ1v) is 11.3. The molecule has 1 nitrogen and oxygen atoms in total. The fourth-order valence-electron chi connectivity index (χ4n) is 1.33. The predicted octanol–water partition coefficient (Wildman–Crippen LogP) is 4.31. The minimum absolute atomic E-state index is 0.280. The Morgan fingerprint density at radius 2 is 1.69 bits per heavy atom. The summed E-state index contributed by atoms with van der Waals surface area (Å²) in [5, 5.41) is 3.68. The molecule has 0 fully saturated rings. The third kappa shape index (κ3) is 4.07. The summed E-state index contributed by atoms with van der Waals surface area (Å²) in [5.74, 6) is 0.922. The average molecular weight is 310 g/mol. The molecule has 0 bridgehead atoms. The molecule has 0 spiro atoms. The summed E-state index contributed by atoms with van der Waals surface area (Å²) in [6.45, 7) is 12.8. The monoisotopic (exact) mass is 310 g/mol. The van der Waals surface area contributed by atoms with Gasteiger partial charge in [0.2, 0.25) is 0 Å². The van der Waals surface area contributed by atoms with Crippen LogP contribution in [0.1, 0.15) is 27.7 Å². The molecule has 0 heterocycles. The van der Waals surface area contributed by atoms with Crippen molar-refractivity contribution < 1.29 is 3.76 Å². The molecular formula is C10H21BrGeO. The first-order valence-electron chi connectivity index (χ1n) is 5.03. The molecule has 0 aromatic heterocycles. The van der Waals surface area contributed by atoms with Crippen LogP contribution in [0.2, 0.25) is 15.8 Å². The number of rotatable bonds is 6. The Kier molecular flexibility index (Phi) is 6.39. The van der Waals surface area contributed by atoms with Crippen molar-refractivity contribution >= 4 is 29.5 Å². The van der Waals surface area contributed by atoms with Gasteiger partial charge in [0.15, 0.2) is 0 Å². The van der Waals surface area contributed by atoms with Gasteiger partial charge in [-0.2, -0.15) is 0 Å². The number of hydrogen-bond acceptors (Lipinski definition) is 1. The van der Waals surface area contributed by atoms with E-state index in [0.717, 1.165) is 5.76 Å². The summed E-state index contributed by atoms with van der Waals surface area (Å²) >= 11 is 1.50. The molecule has 0 amide bonds. The topological polar surface area (TPSA) is 9.23 Å². The molecule has 0 aliphatic heterocycles. The summed E-state index contributed by atoms with van der Waals surface area (Å²) in [4.78, 5) is 0.280. The summed E-state index contributed by atoms with van der Waals surface area (Å²) in [6, 6.07) is 0. The zero-order valence-corrected chi connectivity index (χ0v) is 12.9. The van der Waals surface area contributed by atoms with E-state index in [4.69, 9.17) is 3.76 Å². The van der Waals surface area contributed by atoms with Crippen LogP contribution in [0.4, 0.5) is 0 Å². The first-order chi connectivity index (χ1) is 6.01. The Bertz CT molecular complexity index is 156. The van der Waals surface area contributed by atoms with Crippen LogP contribution in [0.5, 0.6) is 0 Å². The first kappa shape index (κ1) is 13.6. The quantitative estimate of drug-likeness (QED) is 0.404. The van der Waals surface area contributed by atoms with Gasteiger partial charge >= 0.3 is 93.9 Å². The Labute approximate surface area is 93.8 Å². The van der Waals surface area contributed by atoms with Gasteiger partial charge in [-0.3, -0.25) is 0 Å². The molecule has 0 aliphatic rings. The van der Waals surface area contributed by atoms with Crippen molar-refractivity contribution in [3.05, 3.63) is 12.3 Å². The van der Waals surface area contributed by atoms with E-state index < -0.39 is 13.6 Å². The second kappa shape index (κ2) is 6.12. The van der Waals surface area contributed by atoms with Crippen molar-refractivity contribution in [1.29, 1.82) is 0 Å². The summed E-state index contributed by atoms with van der Waals surface area (Å²) in [5.41, 5.74) is 0. The summed E-state index contributed by atoms with van der Waals surface area (Å²) in [6.07, 6.45) is 0. The Morgan fingerprint density at radius 1 is 1.31 bits per heavy atom. The summed E-state index contributed by atoms with van der Waals surface area (Å²) in [7, 11) is 0. The maximum absolute atomic E-state index is 6.09. The number of halogens is 1. The third-order valence-electron chi connectivity index (χ3n) is 2.72. The van der Waals surface area contributed by atoms with E-state index in [9.17, 15) is 0 Å². The Morgan fingerprint density at radius 3 is 1.92 bits per heavy atom. The summed E-state index contributed by atoms with van der Waals surface area (Å²) < 4.78 is 6.09. The molecule has 0 aromatic carbocycles. The van der Waals surface area contributed by atoms with Crippen molar-refractivity contribution in [3.63, 3.8) is 0 Å². The molecule has 0 aliphatic carbocycles. The van der Waals surface area contributed by atoms with Gasteiger partial charge in [0, 0.05) is 0 Å². The molecule has 3 heteroatoms. The molecule has 0 radical (unpaired) electrons. The maximum atomic E-state index is 6.09. The van der Waals surface area contributed by atoms with Crippen LogP contribution in [-0.4, -0.2) is 18.4 Å². The van der Waals surface area contributed by atoms with Gasteiger partial charge in [0.25, 0.3) is 0 Å². The van der Waals surface area contributed by atoms with E-state index in [-0.39, 0.29) is 4.83 Å². The number of hydrogen-bond donors (Lipinski definition) is 0. The number of allylic oxidation sites excluding steroid dienone is 1. The Balaban J connectivity index is 4.33. The van der Waals surface area contributed by atoms with E-state index in [2.05, 4.69) is 50.2 Å². The van der Waals surface area contributed by atoms with E-state index in [1.807, 2.05) is 0 Å². The standard InChI is InChI=1S/C10H21BrGeO/c1-6-12(7-2,8-3)13-10(5)9(4)11/h9H,5-8H2,1-4H3. The van der Waals surface area contributed by atoms with Crippen molar-refractivity contribution in [2.75, 3.05) is 0 Å². The molecule has 0 aromatic rings. The van der Waals surface area contributed by atoms with Gasteiger partial charge in [-0.25, -0.2) is 0 Å².